The van der Waals surface area contributed by atoms with Crippen LogP contribution in [0.3, 0.4) is 0 Å². The molecule has 0 aliphatic carbocycles. The molecular formula is C10H21N. The molecule has 0 aromatic carbocycles. The van der Waals surface area contributed by atoms with Gasteiger partial charge in [0.15, 0.2) is 0 Å². The van der Waals surface area contributed by atoms with E-state index < -0.39 is 0 Å². The second-order valence-corrected chi connectivity index (χ2v) is 3.17. The average molecular weight is 155 g/mol. The topological polar surface area (TPSA) is 12.0 Å². The van der Waals surface area contributed by atoms with Crippen LogP contribution in [0.4, 0.5) is 0 Å². The molecule has 0 aromatic rings. The third kappa shape index (κ3) is 2.66. The largest absolute Gasteiger partial charge is 0.308 e. The summed E-state index contributed by atoms with van der Waals surface area (Å²) < 4.78 is 0. The van der Waals surface area contributed by atoms with E-state index in [0.717, 1.165) is 19.4 Å². The molecule has 0 amide bonds. The van der Waals surface area contributed by atoms with Crippen molar-refractivity contribution in [1.82, 2.24) is 5.32 Å². The number of hydrogen-bond acceptors (Lipinski definition) is 1. The zero-order chi connectivity index (χ0) is 8.91. The van der Waals surface area contributed by atoms with Gasteiger partial charge in [0, 0.05) is 5.54 Å². The van der Waals surface area contributed by atoms with Crippen LogP contribution in [0.15, 0.2) is 12.2 Å². The summed E-state index contributed by atoms with van der Waals surface area (Å²) in [6.07, 6.45) is 2.19. The maximum Gasteiger partial charge on any atom is 0.0359 e. The van der Waals surface area contributed by atoms with Crippen molar-refractivity contribution < 1.29 is 0 Å². The first kappa shape index (κ1) is 10.7. The van der Waals surface area contributed by atoms with E-state index in [-0.39, 0.29) is 5.54 Å². The van der Waals surface area contributed by atoms with Gasteiger partial charge in [0.05, 0.1) is 0 Å². The molecule has 0 aliphatic rings. The van der Waals surface area contributed by atoms with Crippen LogP contribution in [0.1, 0.15) is 40.5 Å². The Morgan fingerprint density at radius 1 is 1.36 bits per heavy atom. The molecule has 1 heteroatoms. The van der Waals surface area contributed by atoms with Crippen LogP contribution in [0.5, 0.6) is 0 Å². The minimum absolute atomic E-state index is 0.156. The normalized spacial score (nSPS) is 16.0. The van der Waals surface area contributed by atoms with Gasteiger partial charge in [-0.15, -0.1) is 0 Å². The summed E-state index contributed by atoms with van der Waals surface area (Å²) in [5.41, 5.74) is 1.46. The molecule has 0 bridgehead atoms. The highest BCUT2D eigenvalue weighted by atomic mass is 15.0. The van der Waals surface area contributed by atoms with Crippen LogP contribution in [0, 0.1) is 0 Å². The predicted octanol–water partition coefficient (Wildman–Crippen LogP) is 2.73. The van der Waals surface area contributed by atoms with Gasteiger partial charge in [-0.05, 0) is 26.3 Å². The van der Waals surface area contributed by atoms with Gasteiger partial charge in [-0.2, -0.15) is 0 Å². The van der Waals surface area contributed by atoms with E-state index in [0.29, 0.717) is 0 Å². The summed E-state index contributed by atoms with van der Waals surface area (Å²) in [6, 6.07) is 0. The summed E-state index contributed by atoms with van der Waals surface area (Å²) in [7, 11) is 0. The molecule has 0 heterocycles. The highest BCUT2D eigenvalue weighted by molar-refractivity contribution is 5.13. The first-order valence-electron chi connectivity index (χ1n) is 4.54. The summed E-state index contributed by atoms with van der Waals surface area (Å²) in [5.74, 6) is 0. The minimum atomic E-state index is 0.156. The first-order valence-corrected chi connectivity index (χ1v) is 4.54. The number of likely N-dealkylation sites (N-methyl/N-ethyl adjacent to an activating group) is 1. The fourth-order valence-corrected chi connectivity index (χ4v) is 1.28. The molecule has 1 atom stereocenters. The Labute approximate surface area is 70.9 Å². The molecule has 0 aliphatic heterocycles. The average Bonchev–Trinajstić information content (AvgIpc) is 2.03. The number of rotatable bonds is 5. The fourth-order valence-electron chi connectivity index (χ4n) is 1.28. The van der Waals surface area contributed by atoms with Crippen molar-refractivity contribution in [2.75, 3.05) is 6.54 Å². The van der Waals surface area contributed by atoms with Crippen molar-refractivity contribution in [3.63, 3.8) is 0 Å². The van der Waals surface area contributed by atoms with E-state index in [1.807, 2.05) is 0 Å². The molecule has 0 fully saturated rings. The Kier molecular flexibility index (Phi) is 4.43. The molecule has 0 radical (unpaired) electrons. The maximum absolute atomic E-state index is 4.07. The predicted molar refractivity (Wildman–Crippen MR) is 51.8 cm³/mol. The van der Waals surface area contributed by atoms with Crippen LogP contribution < -0.4 is 5.32 Å². The lowest BCUT2D eigenvalue weighted by Crippen LogP contribution is -2.42. The SMILES string of the molecule is C=C(CC)[C@@](C)(CC)NCC. The third-order valence-electron chi connectivity index (χ3n) is 2.48. The summed E-state index contributed by atoms with van der Waals surface area (Å²) in [4.78, 5) is 0. The van der Waals surface area contributed by atoms with Crippen molar-refractivity contribution in [3.8, 4) is 0 Å². The van der Waals surface area contributed by atoms with Gasteiger partial charge in [-0.1, -0.05) is 32.9 Å². The lowest BCUT2D eigenvalue weighted by Gasteiger charge is -2.31. The molecule has 0 aromatic heterocycles. The molecule has 0 spiro atoms. The van der Waals surface area contributed by atoms with Crippen LogP contribution in [0.25, 0.3) is 0 Å². The monoisotopic (exact) mass is 155 g/mol. The van der Waals surface area contributed by atoms with Gasteiger partial charge in [-0.25, -0.2) is 0 Å². The second kappa shape index (κ2) is 4.55. The van der Waals surface area contributed by atoms with E-state index in [4.69, 9.17) is 0 Å². The standard InChI is InChI=1S/C10H21N/c1-6-9(4)10(5,7-2)11-8-3/h11H,4,6-8H2,1-3,5H3/t10-/m1/s1. The van der Waals surface area contributed by atoms with Crippen LogP contribution >= 0.6 is 0 Å². The molecule has 0 saturated carbocycles. The molecule has 0 unspecified atom stereocenters. The van der Waals surface area contributed by atoms with E-state index in [9.17, 15) is 0 Å². The van der Waals surface area contributed by atoms with Crippen LogP contribution in [0.2, 0.25) is 0 Å². The van der Waals surface area contributed by atoms with Crippen molar-refractivity contribution in [2.24, 2.45) is 0 Å². The zero-order valence-electron chi connectivity index (χ0n) is 8.33. The van der Waals surface area contributed by atoms with Gasteiger partial charge in [0.1, 0.15) is 0 Å². The van der Waals surface area contributed by atoms with E-state index in [1.165, 1.54) is 5.57 Å². The van der Waals surface area contributed by atoms with Crippen LogP contribution in [-0.4, -0.2) is 12.1 Å². The van der Waals surface area contributed by atoms with E-state index >= 15 is 0 Å². The molecule has 66 valence electrons. The Hall–Kier alpha value is -0.300. The second-order valence-electron chi connectivity index (χ2n) is 3.17. The smallest absolute Gasteiger partial charge is 0.0359 e. The lowest BCUT2D eigenvalue weighted by molar-refractivity contribution is 0.404. The summed E-state index contributed by atoms with van der Waals surface area (Å²) >= 11 is 0. The fraction of sp³-hybridized carbons (Fsp3) is 0.800. The highest BCUT2D eigenvalue weighted by Crippen LogP contribution is 2.20. The Balaban J connectivity index is 4.19. The lowest BCUT2D eigenvalue weighted by atomic mass is 9.88. The van der Waals surface area contributed by atoms with Crippen LogP contribution in [-0.2, 0) is 0 Å². The van der Waals surface area contributed by atoms with Gasteiger partial charge in [0.25, 0.3) is 0 Å². The minimum Gasteiger partial charge on any atom is -0.308 e. The zero-order valence-corrected chi connectivity index (χ0v) is 8.33. The molecule has 1 nitrogen and oxygen atoms in total. The van der Waals surface area contributed by atoms with Gasteiger partial charge in [0.2, 0.25) is 0 Å². The number of hydrogen-bond donors (Lipinski definition) is 1. The number of nitrogens with one attached hydrogen (secondary N) is 1. The van der Waals surface area contributed by atoms with Crippen molar-refractivity contribution in [3.05, 3.63) is 12.2 Å². The van der Waals surface area contributed by atoms with Gasteiger partial charge < -0.3 is 5.32 Å². The van der Waals surface area contributed by atoms with Crippen molar-refractivity contribution in [1.29, 1.82) is 0 Å². The van der Waals surface area contributed by atoms with Gasteiger partial charge in [-0.3, -0.25) is 0 Å². The van der Waals surface area contributed by atoms with E-state index in [1.54, 1.807) is 0 Å². The summed E-state index contributed by atoms with van der Waals surface area (Å²) in [5, 5.41) is 3.46. The highest BCUT2D eigenvalue weighted by Gasteiger charge is 2.22. The van der Waals surface area contributed by atoms with Crippen molar-refractivity contribution in [2.45, 2.75) is 46.1 Å². The molecule has 0 rings (SSSR count). The quantitative estimate of drug-likeness (QED) is 0.602. The Morgan fingerprint density at radius 2 is 1.91 bits per heavy atom. The Bertz CT molecular complexity index is 129. The third-order valence-corrected chi connectivity index (χ3v) is 2.48. The maximum atomic E-state index is 4.07. The van der Waals surface area contributed by atoms with E-state index in [2.05, 4.69) is 39.6 Å². The molecular weight excluding hydrogens is 134 g/mol. The Morgan fingerprint density at radius 3 is 2.18 bits per heavy atom. The van der Waals surface area contributed by atoms with Crippen molar-refractivity contribution >= 4 is 0 Å². The molecule has 1 N–H and O–H groups in total. The summed E-state index contributed by atoms with van der Waals surface area (Å²) in [6.45, 7) is 13.8. The molecule has 0 saturated heterocycles. The first-order chi connectivity index (χ1) is 5.10. The molecule has 11 heavy (non-hydrogen) atoms. The van der Waals surface area contributed by atoms with Gasteiger partial charge >= 0.3 is 0 Å².